The maximum atomic E-state index is 8.45. The first kappa shape index (κ1) is 10.3. The first-order valence-corrected chi connectivity index (χ1v) is 4.68. The van der Waals surface area contributed by atoms with Gasteiger partial charge in [0.15, 0.2) is 0 Å². The number of imidazole rings is 1. The molecular weight excluding hydrogens is 176 g/mol. The Balaban J connectivity index is 2.47. The molecule has 0 aliphatic rings. The molecule has 0 aromatic carbocycles. The van der Waals surface area contributed by atoms with Gasteiger partial charge < -0.3 is 0 Å². The Morgan fingerprint density at radius 2 is 2.07 bits per heavy atom. The van der Waals surface area contributed by atoms with E-state index in [0.717, 1.165) is 25.2 Å². The van der Waals surface area contributed by atoms with Crippen LogP contribution in [0, 0.1) is 22.7 Å². The summed E-state index contributed by atoms with van der Waals surface area (Å²) in [5.74, 6) is 1.09. The molecule has 0 bridgehead atoms. The molecule has 0 saturated carbocycles. The lowest BCUT2D eigenvalue weighted by molar-refractivity contribution is -0.701. The Hall–Kier alpha value is -1.81. The number of rotatable bonds is 5. The van der Waals surface area contributed by atoms with Gasteiger partial charge in [0.25, 0.3) is 5.82 Å². The minimum absolute atomic E-state index is 0.522. The normalized spacial score (nSPS) is 9.29. The van der Waals surface area contributed by atoms with Gasteiger partial charge >= 0.3 is 0 Å². The Bertz CT molecular complexity index is 353. The Morgan fingerprint density at radius 3 is 2.79 bits per heavy atom. The highest BCUT2D eigenvalue weighted by Gasteiger charge is 2.08. The maximum absolute atomic E-state index is 8.45. The van der Waals surface area contributed by atoms with E-state index in [9.17, 15) is 0 Å². The van der Waals surface area contributed by atoms with E-state index < -0.39 is 0 Å². The number of hydrogen-bond donors (Lipinski definition) is 1. The zero-order valence-electron chi connectivity index (χ0n) is 8.03. The van der Waals surface area contributed by atoms with Gasteiger partial charge in [-0.3, -0.25) is 0 Å². The van der Waals surface area contributed by atoms with Crippen LogP contribution in [0.5, 0.6) is 0 Å². The van der Waals surface area contributed by atoms with Crippen LogP contribution in [-0.4, -0.2) is 4.98 Å². The molecule has 1 rings (SSSR count). The van der Waals surface area contributed by atoms with Gasteiger partial charge in [-0.05, 0) is 6.42 Å². The van der Waals surface area contributed by atoms with Crippen molar-refractivity contribution in [3.63, 3.8) is 0 Å². The van der Waals surface area contributed by atoms with Gasteiger partial charge in [-0.2, -0.15) is 10.5 Å². The molecule has 14 heavy (non-hydrogen) atoms. The van der Waals surface area contributed by atoms with Crippen LogP contribution in [0.2, 0.25) is 0 Å². The molecule has 1 aromatic rings. The summed E-state index contributed by atoms with van der Waals surface area (Å²) in [5.41, 5.74) is 0. The topological polar surface area (TPSA) is 67.2 Å². The van der Waals surface area contributed by atoms with Crippen LogP contribution < -0.4 is 4.57 Å². The van der Waals surface area contributed by atoms with Crippen LogP contribution >= 0.6 is 0 Å². The summed E-state index contributed by atoms with van der Waals surface area (Å²) in [6.07, 6.45) is 6.62. The fourth-order valence-electron chi connectivity index (χ4n) is 1.33. The van der Waals surface area contributed by atoms with Gasteiger partial charge in [-0.25, -0.2) is 9.55 Å². The predicted molar refractivity (Wildman–Crippen MR) is 49.8 cm³/mol. The molecule has 72 valence electrons. The Kier molecular flexibility index (Phi) is 4.23. The molecule has 1 N–H and O–H groups in total. The van der Waals surface area contributed by atoms with E-state index in [-0.39, 0.29) is 0 Å². The number of aromatic nitrogens is 2. The summed E-state index contributed by atoms with van der Waals surface area (Å²) in [7, 11) is 0. The second-order valence-corrected chi connectivity index (χ2v) is 3.02. The average molecular weight is 189 g/mol. The molecule has 0 saturated heterocycles. The quantitative estimate of drug-likeness (QED) is 0.556. The van der Waals surface area contributed by atoms with Gasteiger partial charge in [0, 0.05) is 6.42 Å². The van der Waals surface area contributed by atoms with Gasteiger partial charge in [-0.15, -0.1) is 0 Å². The smallest absolute Gasteiger partial charge is 0.248 e. The van der Waals surface area contributed by atoms with E-state index in [1.54, 1.807) is 0 Å². The summed E-state index contributed by atoms with van der Waals surface area (Å²) in [6.45, 7) is 0.724. The van der Waals surface area contributed by atoms with Gasteiger partial charge in [0.1, 0.15) is 18.9 Å². The standard InChI is InChI=1S/C10H12N4/c11-5-2-1-4-10-13-7-9-14(10)8-3-6-12/h7,9H,1-4,8H2/p+1. The van der Waals surface area contributed by atoms with Crippen molar-refractivity contribution in [3.05, 3.63) is 18.2 Å². The molecule has 0 aliphatic heterocycles. The van der Waals surface area contributed by atoms with Crippen LogP contribution in [0.15, 0.2) is 12.4 Å². The third-order valence-electron chi connectivity index (χ3n) is 2.02. The number of nitrogens with one attached hydrogen (secondary N) is 1. The lowest BCUT2D eigenvalue weighted by atomic mass is 10.2. The number of aryl methyl sites for hydroxylation is 2. The summed E-state index contributed by atoms with van der Waals surface area (Å²) >= 11 is 0. The Labute approximate surface area is 83.4 Å². The van der Waals surface area contributed by atoms with Crippen molar-refractivity contribution in [3.8, 4) is 12.1 Å². The van der Waals surface area contributed by atoms with Crippen LogP contribution in [0.25, 0.3) is 0 Å². The molecule has 1 heterocycles. The number of hydrogen-bond acceptors (Lipinski definition) is 2. The summed E-state index contributed by atoms with van der Waals surface area (Å²) in [5, 5.41) is 16.8. The van der Waals surface area contributed by atoms with E-state index in [2.05, 4.69) is 17.1 Å². The van der Waals surface area contributed by atoms with Crippen LogP contribution in [-0.2, 0) is 13.0 Å². The van der Waals surface area contributed by atoms with Crippen LogP contribution in [0.3, 0.4) is 0 Å². The minimum atomic E-state index is 0.522. The fourth-order valence-corrected chi connectivity index (χ4v) is 1.33. The van der Waals surface area contributed by atoms with Crippen molar-refractivity contribution >= 4 is 0 Å². The predicted octanol–water partition coefficient (Wildman–Crippen LogP) is 1.06. The van der Waals surface area contributed by atoms with E-state index in [1.807, 2.05) is 17.0 Å². The first-order chi connectivity index (χ1) is 6.88. The number of nitrogens with zero attached hydrogens (tertiary/aromatic N) is 3. The summed E-state index contributed by atoms with van der Waals surface area (Å²) in [6, 6.07) is 4.23. The molecule has 0 unspecified atom stereocenters. The van der Waals surface area contributed by atoms with Gasteiger partial charge in [0.2, 0.25) is 0 Å². The zero-order valence-corrected chi connectivity index (χ0v) is 8.03. The lowest BCUT2D eigenvalue weighted by Crippen LogP contribution is -2.35. The molecule has 0 spiro atoms. The molecule has 0 atom stereocenters. The second-order valence-electron chi connectivity index (χ2n) is 3.02. The highest BCUT2D eigenvalue weighted by atomic mass is 15.1. The van der Waals surface area contributed by atoms with Crippen LogP contribution in [0.1, 0.15) is 25.1 Å². The third-order valence-corrected chi connectivity index (χ3v) is 2.02. The zero-order chi connectivity index (χ0) is 10.2. The van der Waals surface area contributed by atoms with Crippen molar-refractivity contribution in [2.45, 2.75) is 32.2 Å². The van der Waals surface area contributed by atoms with Crippen molar-refractivity contribution in [2.24, 2.45) is 0 Å². The highest BCUT2D eigenvalue weighted by molar-refractivity contribution is 4.80. The van der Waals surface area contributed by atoms with E-state index in [1.165, 1.54) is 0 Å². The average Bonchev–Trinajstić information content (AvgIpc) is 2.63. The molecule has 1 aromatic heterocycles. The fraction of sp³-hybridized carbons (Fsp3) is 0.500. The van der Waals surface area contributed by atoms with Crippen molar-refractivity contribution in [1.82, 2.24) is 4.98 Å². The molecular formula is C10H13N4+. The third kappa shape index (κ3) is 2.91. The van der Waals surface area contributed by atoms with E-state index >= 15 is 0 Å². The maximum Gasteiger partial charge on any atom is 0.254 e. The SMILES string of the molecule is N#CCCCc1[nH]cc[n+]1CCC#N. The van der Waals surface area contributed by atoms with Crippen LogP contribution in [0.4, 0.5) is 0 Å². The van der Waals surface area contributed by atoms with Gasteiger partial charge in [-0.1, -0.05) is 0 Å². The summed E-state index contributed by atoms with van der Waals surface area (Å²) in [4.78, 5) is 3.12. The number of nitriles is 2. The van der Waals surface area contributed by atoms with Crippen molar-refractivity contribution in [1.29, 1.82) is 10.5 Å². The molecule has 4 heteroatoms. The molecule has 0 amide bonds. The van der Waals surface area contributed by atoms with Gasteiger partial charge in [0.05, 0.1) is 25.0 Å². The largest absolute Gasteiger partial charge is 0.254 e. The first-order valence-electron chi connectivity index (χ1n) is 4.68. The van der Waals surface area contributed by atoms with Crippen molar-refractivity contribution in [2.75, 3.05) is 0 Å². The van der Waals surface area contributed by atoms with Crippen molar-refractivity contribution < 1.29 is 4.57 Å². The molecule has 0 radical (unpaired) electrons. The molecule has 0 fully saturated rings. The second kappa shape index (κ2) is 5.77. The van der Waals surface area contributed by atoms with E-state index in [4.69, 9.17) is 10.5 Å². The van der Waals surface area contributed by atoms with E-state index in [0.29, 0.717) is 12.8 Å². The highest BCUT2D eigenvalue weighted by Crippen LogP contribution is 1.96. The number of aromatic amines is 1. The molecule has 0 aliphatic carbocycles. The Morgan fingerprint density at radius 1 is 1.29 bits per heavy atom. The monoisotopic (exact) mass is 189 g/mol. The lowest BCUT2D eigenvalue weighted by Gasteiger charge is -1.95. The minimum Gasteiger partial charge on any atom is -0.248 e. The summed E-state index contributed by atoms with van der Waals surface area (Å²) < 4.78 is 2.03. The molecule has 4 nitrogen and oxygen atoms in total. The number of H-pyrrole nitrogens is 1. The number of unbranched alkanes of at least 4 members (excludes halogenated alkanes) is 1.